The van der Waals surface area contributed by atoms with Gasteiger partial charge in [0, 0.05) is 18.1 Å². The van der Waals surface area contributed by atoms with Gasteiger partial charge in [-0.1, -0.05) is 11.6 Å². The quantitative estimate of drug-likeness (QED) is 0.829. The molecule has 17 heavy (non-hydrogen) atoms. The van der Waals surface area contributed by atoms with Gasteiger partial charge in [-0.25, -0.2) is 0 Å². The fourth-order valence-electron chi connectivity index (χ4n) is 1.82. The highest BCUT2D eigenvalue weighted by molar-refractivity contribution is 6.31. The Balaban J connectivity index is 2.01. The molecule has 0 radical (unpaired) electrons. The minimum atomic E-state index is -0.406. The summed E-state index contributed by atoms with van der Waals surface area (Å²) in [6.07, 6.45) is -0.147. The number of benzene rings is 1. The Morgan fingerprint density at radius 3 is 2.82 bits per heavy atom. The predicted octanol–water partition coefficient (Wildman–Crippen LogP) is 2.77. The molecule has 4 heteroatoms. The van der Waals surface area contributed by atoms with Crippen molar-refractivity contribution in [3.63, 3.8) is 0 Å². The van der Waals surface area contributed by atoms with Gasteiger partial charge < -0.3 is 9.47 Å². The number of carbonyl (C=O) groups is 1. The Morgan fingerprint density at radius 2 is 2.24 bits per heavy atom. The van der Waals surface area contributed by atoms with Gasteiger partial charge in [-0.3, -0.25) is 4.79 Å². The lowest BCUT2D eigenvalue weighted by Gasteiger charge is -2.34. The first kappa shape index (κ1) is 12.4. The van der Waals surface area contributed by atoms with Crippen LogP contribution in [0.5, 0.6) is 5.75 Å². The van der Waals surface area contributed by atoms with Crippen LogP contribution in [0.1, 0.15) is 18.9 Å². The third-order valence-electron chi connectivity index (χ3n) is 2.82. The number of rotatable bonds is 4. The van der Waals surface area contributed by atoms with E-state index in [0.29, 0.717) is 18.1 Å². The first-order valence-electron chi connectivity index (χ1n) is 5.69. The molecule has 0 aromatic heterocycles. The number of hydrogen-bond donors (Lipinski definition) is 0. The summed E-state index contributed by atoms with van der Waals surface area (Å²) in [5.41, 5.74) is 0.961. The van der Waals surface area contributed by atoms with Crippen LogP contribution < -0.4 is 4.74 Å². The largest absolute Gasteiger partial charge is 0.487 e. The molecule has 0 amide bonds. The maximum atomic E-state index is 11.3. The number of halogens is 1. The second kappa shape index (κ2) is 5.07. The number of hydrogen-bond acceptors (Lipinski definition) is 3. The van der Waals surface area contributed by atoms with Crippen molar-refractivity contribution in [2.75, 3.05) is 6.61 Å². The van der Waals surface area contributed by atoms with Crippen molar-refractivity contribution in [3.05, 3.63) is 28.8 Å². The van der Waals surface area contributed by atoms with Crippen molar-refractivity contribution >= 4 is 17.4 Å². The van der Waals surface area contributed by atoms with Gasteiger partial charge in [-0.2, -0.15) is 0 Å². The second-order valence-corrected chi connectivity index (χ2v) is 4.52. The van der Waals surface area contributed by atoms with Gasteiger partial charge in [0.05, 0.1) is 0 Å². The highest BCUT2D eigenvalue weighted by atomic mass is 35.5. The summed E-state index contributed by atoms with van der Waals surface area (Å²) in [5.74, 6) is 0.844. The molecule has 0 aliphatic heterocycles. The van der Waals surface area contributed by atoms with E-state index in [-0.39, 0.29) is 11.9 Å². The molecule has 1 aliphatic carbocycles. The van der Waals surface area contributed by atoms with E-state index >= 15 is 0 Å². The average molecular weight is 255 g/mol. The van der Waals surface area contributed by atoms with Crippen LogP contribution in [0.15, 0.2) is 18.2 Å². The molecular formula is C13H15ClO3. The van der Waals surface area contributed by atoms with Crippen LogP contribution in [0.3, 0.4) is 0 Å². The van der Waals surface area contributed by atoms with Gasteiger partial charge >= 0.3 is 0 Å². The van der Waals surface area contributed by atoms with E-state index in [9.17, 15) is 4.79 Å². The lowest BCUT2D eigenvalue weighted by atomic mass is 9.90. The zero-order valence-electron chi connectivity index (χ0n) is 9.90. The summed E-state index contributed by atoms with van der Waals surface area (Å²) in [7, 11) is 0. The van der Waals surface area contributed by atoms with Crippen molar-refractivity contribution in [1.29, 1.82) is 0 Å². The van der Waals surface area contributed by atoms with Crippen LogP contribution in [0, 0.1) is 6.92 Å². The molecule has 0 bridgehead atoms. The molecule has 0 saturated heterocycles. The number of Topliss-reactive ketones (excluding diaryl/α,β-unsaturated/α-hetero) is 1. The van der Waals surface area contributed by atoms with Crippen molar-refractivity contribution in [3.8, 4) is 5.75 Å². The molecule has 2 unspecified atom stereocenters. The Labute approximate surface area is 106 Å². The van der Waals surface area contributed by atoms with Gasteiger partial charge in [-0.05, 0) is 37.6 Å². The normalized spacial score (nSPS) is 23.4. The van der Waals surface area contributed by atoms with Crippen LogP contribution in [0.25, 0.3) is 0 Å². The molecular weight excluding hydrogens is 240 g/mol. The van der Waals surface area contributed by atoms with Gasteiger partial charge in [0.25, 0.3) is 0 Å². The predicted molar refractivity (Wildman–Crippen MR) is 65.6 cm³/mol. The van der Waals surface area contributed by atoms with E-state index < -0.39 is 6.10 Å². The lowest BCUT2D eigenvalue weighted by Crippen LogP contribution is -2.52. The number of ether oxygens (including phenoxy) is 2. The zero-order chi connectivity index (χ0) is 12.4. The van der Waals surface area contributed by atoms with Crippen molar-refractivity contribution in [1.82, 2.24) is 0 Å². The second-order valence-electron chi connectivity index (χ2n) is 4.11. The van der Waals surface area contributed by atoms with Crippen molar-refractivity contribution < 1.29 is 14.3 Å². The molecule has 92 valence electrons. The van der Waals surface area contributed by atoms with Crippen LogP contribution in [0.4, 0.5) is 0 Å². The summed E-state index contributed by atoms with van der Waals surface area (Å²) in [6, 6.07) is 5.47. The fourth-order valence-corrected chi connectivity index (χ4v) is 1.93. The summed E-state index contributed by atoms with van der Waals surface area (Å²) in [4.78, 5) is 11.3. The van der Waals surface area contributed by atoms with Gasteiger partial charge in [0.1, 0.15) is 11.9 Å². The molecule has 0 N–H and O–H groups in total. The van der Waals surface area contributed by atoms with Gasteiger partial charge in [0.15, 0.2) is 11.9 Å². The van der Waals surface area contributed by atoms with Crippen LogP contribution in [-0.4, -0.2) is 24.6 Å². The Bertz CT molecular complexity index is 431. The average Bonchev–Trinajstić information content (AvgIpc) is 2.30. The van der Waals surface area contributed by atoms with Crippen LogP contribution in [0.2, 0.25) is 5.02 Å². The van der Waals surface area contributed by atoms with Crippen molar-refractivity contribution in [2.45, 2.75) is 32.5 Å². The highest BCUT2D eigenvalue weighted by Crippen LogP contribution is 2.28. The fraction of sp³-hybridized carbons (Fsp3) is 0.462. The highest BCUT2D eigenvalue weighted by Gasteiger charge is 2.42. The first-order valence-corrected chi connectivity index (χ1v) is 6.06. The molecule has 1 fully saturated rings. The van der Waals surface area contributed by atoms with Crippen LogP contribution >= 0.6 is 11.6 Å². The molecule has 1 aromatic rings. The first-order chi connectivity index (χ1) is 8.11. The maximum absolute atomic E-state index is 11.3. The van der Waals surface area contributed by atoms with Crippen LogP contribution in [-0.2, 0) is 9.53 Å². The molecule has 2 atom stereocenters. The standard InChI is InChI=1S/C13H15ClO3/c1-3-16-13-11(15)7-12(13)17-9-4-5-10(14)8(2)6-9/h4-6,12-13H,3,7H2,1-2H3. The lowest BCUT2D eigenvalue weighted by molar-refractivity contribution is -0.154. The molecule has 0 heterocycles. The SMILES string of the molecule is CCOC1C(=O)CC1Oc1ccc(Cl)c(C)c1. The minimum Gasteiger partial charge on any atom is -0.487 e. The summed E-state index contributed by atoms with van der Waals surface area (Å²) in [6.45, 7) is 4.31. The molecule has 1 saturated carbocycles. The monoisotopic (exact) mass is 254 g/mol. The van der Waals surface area contributed by atoms with E-state index in [2.05, 4.69) is 0 Å². The number of aryl methyl sites for hydroxylation is 1. The van der Waals surface area contributed by atoms with E-state index in [1.54, 1.807) is 12.1 Å². The maximum Gasteiger partial charge on any atom is 0.169 e. The molecule has 3 nitrogen and oxygen atoms in total. The Hall–Kier alpha value is -1.06. The molecule has 1 aliphatic rings. The number of ketones is 1. The van der Waals surface area contributed by atoms with E-state index in [1.807, 2.05) is 19.9 Å². The van der Waals surface area contributed by atoms with Gasteiger partial charge in [-0.15, -0.1) is 0 Å². The smallest absolute Gasteiger partial charge is 0.169 e. The summed E-state index contributed by atoms with van der Waals surface area (Å²) >= 11 is 5.93. The summed E-state index contributed by atoms with van der Waals surface area (Å²) in [5, 5.41) is 0.711. The van der Waals surface area contributed by atoms with E-state index in [1.165, 1.54) is 0 Å². The third-order valence-corrected chi connectivity index (χ3v) is 3.24. The third kappa shape index (κ3) is 2.61. The van der Waals surface area contributed by atoms with Crippen molar-refractivity contribution in [2.24, 2.45) is 0 Å². The molecule has 0 spiro atoms. The number of carbonyl (C=O) groups excluding carboxylic acids is 1. The van der Waals surface area contributed by atoms with E-state index in [4.69, 9.17) is 21.1 Å². The minimum absolute atomic E-state index is 0.113. The molecule has 2 rings (SSSR count). The van der Waals surface area contributed by atoms with Gasteiger partial charge in [0.2, 0.25) is 0 Å². The van der Waals surface area contributed by atoms with E-state index in [0.717, 1.165) is 11.3 Å². The Morgan fingerprint density at radius 1 is 1.47 bits per heavy atom. The topological polar surface area (TPSA) is 35.5 Å². The summed E-state index contributed by atoms with van der Waals surface area (Å²) < 4.78 is 11.0. The molecule has 1 aromatic carbocycles. The zero-order valence-corrected chi connectivity index (χ0v) is 10.7. The Kier molecular flexibility index (Phi) is 3.69.